The van der Waals surface area contributed by atoms with Crippen LogP contribution in [-0.4, -0.2) is 31.3 Å². The van der Waals surface area contributed by atoms with Crippen LogP contribution in [0.2, 0.25) is 5.02 Å². The maximum Gasteiger partial charge on any atom is 0.255 e. The van der Waals surface area contributed by atoms with Crippen LogP contribution >= 0.6 is 11.6 Å². The molecular weight excluding hydrogens is 350 g/mol. The van der Waals surface area contributed by atoms with E-state index < -0.39 is 0 Å². The van der Waals surface area contributed by atoms with Crippen molar-refractivity contribution in [2.24, 2.45) is 0 Å². The zero-order valence-corrected chi connectivity index (χ0v) is 15.8. The highest BCUT2D eigenvalue weighted by Gasteiger charge is 2.22. The second kappa shape index (κ2) is 7.74. The number of hydrogen-bond acceptors (Lipinski definition) is 3. The number of nitrogens with zero attached hydrogens (tertiary/aromatic N) is 4. The Bertz CT molecular complexity index is 885. The molecule has 0 saturated carbocycles. The van der Waals surface area contributed by atoms with Crippen molar-refractivity contribution in [3.05, 3.63) is 65.5 Å². The zero-order valence-electron chi connectivity index (χ0n) is 15.1. The van der Waals surface area contributed by atoms with Crippen molar-refractivity contribution < 1.29 is 4.79 Å². The van der Waals surface area contributed by atoms with Crippen LogP contribution in [0.15, 0.2) is 49.2 Å². The largest absolute Gasteiger partial charge is 0.348 e. The highest BCUT2D eigenvalue weighted by atomic mass is 35.5. The lowest BCUT2D eigenvalue weighted by Gasteiger charge is -2.16. The first-order valence-corrected chi connectivity index (χ1v) is 8.94. The molecule has 0 aliphatic carbocycles. The topological polar surface area (TPSA) is 64.7 Å². The third-order valence-electron chi connectivity index (χ3n) is 4.07. The van der Waals surface area contributed by atoms with Gasteiger partial charge in [0.1, 0.15) is 0 Å². The van der Waals surface area contributed by atoms with Gasteiger partial charge >= 0.3 is 0 Å². The maximum atomic E-state index is 12.8. The van der Waals surface area contributed by atoms with E-state index in [4.69, 9.17) is 11.6 Å². The molecule has 2 heterocycles. The summed E-state index contributed by atoms with van der Waals surface area (Å²) in [6, 6.07) is 7.41. The van der Waals surface area contributed by atoms with Gasteiger partial charge in [0, 0.05) is 30.0 Å². The molecule has 3 aromatic rings. The molecule has 1 N–H and O–H groups in total. The highest BCUT2D eigenvalue weighted by molar-refractivity contribution is 6.30. The number of hydrogen-bond donors (Lipinski definition) is 1. The average molecular weight is 372 g/mol. The summed E-state index contributed by atoms with van der Waals surface area (Å²) in [6.45, 7) is 6.72. The Morgan fingerprint density at radius 2 is 2.12 bits per heavy atom. The van der Waals surface area contributed by atoms with Gasteiger partial charge in [-0.15, -0.1) is 0 Å². The van der Waals surface area contributed by atoms with Gasteiger partial charge in [-0.1, -0.05) is 31.5 Å². The molecule has 0 aliphatic rings. The maximum absolute atomic E-state index is 12.8. The number of amides is 1. The molecular formula is C19H22ClN5O. The van der Waals surface area contributed by atoms with E-state index in [1.54, 1.807) is 23.4 Å². The summed E-state index contributed by atoms with van der Waals surface area (Å²) in [6.07, 6.45) is 6.95. The van der Waals surface area contributed by atoms with Crippen molar-refractivity contribution in [2.45, 2.75) is 39.3 Å². The molecule has 0 radical (unpaired) electrons. The van der Waals surface area contributed by atoms with Crippen LogP contribution in [0.25, 0.3) is 5.69 Å². The van der Waals surface area contributed by atoms with Crippen LogP contribution in [-0.2, 0) is 6.54 Å². The van der Waals surface area contributed by atoms with Gasteiger partial charge in [-0.05, 0) is 31.0 Å². The number of carbonyl (C=O) groups is 1. The van der Waals surface area contributed by atoms with E-state index in [1.807, 2.05) is 55.8 Å². The minimum absolute atomic E-state index is 0.0359. The fourth-order valence-electron chi connectivity index (χ4n) is 2.96. The predicted molar refractivity (Wildman–Crippen MR) is 102 cm³/mol. The monoisotopic (exact) mass is 371 g/mol. The van der Waals surface area contributed by atoms with Crippen molar-refractivity contribution in [3.8, 4) is 5.69 Å². The summed E-state index contributed by atoms with van der Waals surface area (Å²) in [5, 5.41) is 8.11. The quantitative estimate of drug-likeness (QED) is 0.719. The number of halogens is 1. The van der Waals surface area contributed by atoms with E-state index in [0.717, 1.165) is 11.4 Å². The van der Waals surface area contributed by atoms with Gasteiger partial charge in [-0.3, -0.25) is 4.79 Å². The molecule has 1 unspecified atom stereocenters. The van der Waals surface area contributed by atoms with E-state index in [9.17, 15) is 4.79 Å². The molecule has 0 saturated heterocycles. The molecule has 0 bridgehead atoms. The van der Waals surface area contributed by atoms with Gasteiger partial charge < -0.3 is 9.88 Å². The normalized spacial score (nSPS) is 12.3. The molecule has 0 spiro atoms. The number of aromatic nitrogens is 4. The SMILES string of the molecule is CC(Cn1ccnc1)NC(=O)c1cnn(-c2cccc(Cl)c2)c1C(C)C. The van der Waals surface area contributed by atoms with Gasteiger partial charge in [-0.25, -0.2) is 9.67 Å². The fraction of sp³-hybridized carbons (Fsp3) is 0.316. The summed E-state index contributed by atoms with van der Waals surface area (Å²) in [7, 11) is 0. The zero-order chi connectivity index (χ0) is 18.7. The minimum atomic E-state index is -0.130. The third kappa shape index (κ3) is 3.96. The van der Waals surface area contributed by atoms with Crippen molar-refractivity contribution >= 4 is 17.5 Å². The van der Waals surface area contributed by atoms with Crippen molar-refractivity contribution in [1.82, 2.24) is 24.6 Å². The Balaban J connectivity index is 1.84. The van der Waals surface area contributed by atoms with Crippen LogP contribution in [0.1, 0.15) is 42.7 Å². The van der Waals surface area contributed by atoms with Gasteiger partial charge in [0.15, 0.2) is 0 Å². The van der Waals surface area contributed by atoms with Gasteiger partial charge in [0.05, 0.1) is 29.5 Å². The number of benzene rings is 1. The molecule has 1 amide bonds. The van der Waals surface area contributed by atoms with E-state index in [-0.39, 0.29) is 17.9 Å². The smallest absolute Gasteiger partial charge is 0.255 e. The lowest BCUT2D eigenvalue weighted by Crippen LogP contribution is -2.35. The number of rotatable bonds is 6. The lowest BCUT2D eigenvalue weighted by atomic mass is 10.0. The van der Waals surface area contributed by atoms with E-state index >= 15 is 0 Å². The third-order valence-corrected chi connectivity index (χ3v) is 4.31. The molecule has 6 nitrogen and oxygen atoms in total. The predicted octanol–water partition coefficient (Wildman–Crippen LogP) is 3.66. The highest BCUT2D eigenvalue weighted by Crippen LogP contribution is 2.24. The van der Waals surface area contributed by atoms with E-state index in [2.05, 4.69) is 15.4 Å². The van der Waals surface area contributed by atoms with Gasteiger partial charge in [-0.2, -0.15) is 5.10 Å². The molecule has 136 valence electrons. The Morgan fingerprint density at radius 3 is 2.77 bits per heavy atom. The fourth-order valence-corrected chi connectivity index (χ4v) is 3.14. The van der Waals surface area contributed by atoms with Crippen molar-refractivity contribution in [3.63, 3.8) is 0 Å². The molecule has 7 heteroatoms. The van der Waals surface area contributed by atoms with Crippen molar-refractivity contribution in [2.75, 3.05) is 0 Å². The molecule has 0 fully saturated rings. The summed E-state index contributed by atoms with van der Waals surface area (Å²) in [5.74, 6) is -0.00391. The second-order valence-corrected chi connectivity index (χ2v) is 7.06. The Morgan fingerprint density at radius 1 is 1.31 bits per heavy atom. The molecule has 1 atom stereocenters. The molecule has 3 rings (SSSR count). The molecule has 26 heavy (non-hydrogen) atoms. The number of nitrogens with one attached hydrogen (secondary N) is 1. The minimum Gasteiger partial charge on any atom is -0.348 e. The first kappa shape index (κ1) is 18.2. The van der Waals surface area contributed by atoms with E-state index in [1.165, 1.54) is 0 Å². The first-order valence-electron chi connectivity index (χ1n) is 8.56. The van der Waals surface area contributed by atoms with Crippen LogP contribution in [0.3, 0.4) is 0 Å². The Kier molecular flexibility index (Phi) is 5.42. The summed E-state index contributed by atoms with van der Waals surface area (Å²) >= 11 is 6.10. The van der Waals surface area contributed by atoms with Gasteiger partial charge in [0.2, 0.25) is 0 Å². The summed E-state index contributed by atoms with van der Waals surface area (Å²) in [4.78, 5) is 16.8. The van der Waals surface area contributed by atoms with Crippen molar-refractivity contribution in [1.29, 1.82) is 0 Å². The van der Waals surface area contributed by atoms with Crippen LogP contribution in [0.4, 0.5) is 0 Å². The number of imidazole rings is 1. The van der Waals surface area contributed by atoms with Crippen LogP contribution in [0.5, 0.6) is 0 Å². The second-order valence-electron chi connectivity index (χ2n) is 6.62. The molecule has 1 aromatic carbocycles. The summed E-state index contributed by atoms with van der Waals surface area (Å²) in [5.41, 5.74) is 2.28. The number of carbonyl (C=O) groups excluding carboxylic acids is 1. The first-order chi connectivity index (χ1) is 12.5. The standard InChI is InChI=1S/C19H22ClN5O/c1-13(2)18-17(10-22-25(18)16-6-4-5-15(20)9-16)19(26)23-14(3)11-24-8-7-21-12-24/h4-10,12-14H,11H2,1-3H3,(H,23,26). The molecule has 2 aromatic heterocycles. The Labute approximate surface area is 157 Å². The van der Waals surface area contributed by atoms with Crippen LogP contribution < -0.4 is 5.32 Å². The van der Waals surface area contributed by atoms with Gasteiger partial charge in [0.25, 0.3) is 5.91 Å². The van der Waals surface area contributed by atoms with E-state index in [0.29, 0.717) is 17.1 Å². The molecule has 0 aliphatic heterocycles. The van der Waals surface area contributed by atoms with Crippen LogP contribution in [0, 0.1) is 0 Å². The Hall–Kier alpha value is -2.60. The average Bonchev–Trinajstić information content (AvgIpc) is 3.23. The summed E-state index contributed by atoms with van der Waals surface area (Å²) < 4.78 is 3.72. The lowest BCUT2D eigenvalue weighted by molar-refractivity contribution is 0.0935.